The zero-order chi connectivity index (χ0) is 25.2. The number of likely N-dealkylation sites (N-methyl/N-ethyl adjacent to an activating group) is 1. The summed E-state index contributed by atoms with van der Waals surface area (Å²) in [5.41, 5.74) is 3.93. The van der Waals surface area contributed by atoms with Gasteiger partial charge in [-0.2, -0.15) is 5.10 Å². The van der Waals surface area contributed by atoms with E-state index in [0.717, 1.165) is 51.1 Å². The number of rotatable bonds is 9. The number of hydrogen-bond donors (Lipinski definition) is 4. The fourth-order valence-corrected chi connectivity index (χ4v) is 4.94. The van der Waals surface area contributed by atoms with Crippen molar-refractivity contribution in [3.05, 3.63) is 48.3 Å². The highest BCUT2D eigenvalue weighted by molar-refractivity contribution is 5.91. The molecule has 1 saturated carbocycles. The molecular weight excluding hydrogens is 447 g/mol. The van der Waals surface area contributed by atoms with Crippen LogP contribution in [0.5, 0.6) is 0 Å². The predicted octanol–water partition coefficient (Wildman–Crippen LogP) is 2.05. The standard InChI is InChI=1S/C25H39FN8O/c1-5-29-21(14-24(27)34-10-8-33(9-11-34)18-15-30-32(4)16-18)17(2)19-12-23(35-25(3)6-7-25)20(26)13-22(19)31-28/h5,14-15,18-19,22,27,29,31H,1-2,6-13,16,28H2,3-4H3/t18-,19?,22-/m1/s1. The van der Waals surface area contributed by atoms with Gasteiger partial charge in [-0.05, 0) is 31.5 Å². The maximum atomic E-state index is 14.8. The predicted molar refractivity (Wildman–Crippen MR) is 137 cm³/mol. The molecule has 2 fully saturated rings. The third-order valence-corrected chi connectivity index (χ3v) is 7.47. The first-order chi connectivity index (χ1) is 16.7. The number of ether oxygens (including phenoxy) is 1. The number of halogens is 1. The minimum absolute atomic E-state index is 0.145. The van der Waals surface area contributed by atoms with Gasteiger partial charge in [0.25, 0.3) is 0 Å². The number of hydrogen-bond acceptors (Lipinski definition) is 8. The van der Waals surface area contributed by atoms with E-state index in [1.165, 1.54) is 0 Å². The summed E-state index contributed by atoms with van der Waals surface area (Å²) in [5, 5.41) is 18.2. The first-order valence-electron chi connectivity index (χ1n) is 12.4. The van der Waals surface area contributed by atoms with E-state index < -0.39 is 0 Å². The first-order valence-corrected chi connectivity index (χ1v) is 12.4. The molecule has 0 spiro atoms. The molecule has 1 unspecified atom stereocenters. The van der Waals surface area contributed by atoms with Crippen LogP contribution in [0, 0.1) is 11.3 Å². The molecule has 192 valence electrons. The van der Waals surface area contributed by atoms with Gasteiger partial charge in [0.1, 0.15) is 23.0 Å². The summed E-state index contributed by atoms with van der Waals surface area (Å²) in [6, 6.07) is 0.0141. The number of hydrazine groups is 1. The van der Waals surface area contributed by atoms with Gasteiger partial charge in [-0.15, -0.1) is 0 Å². The van der Waals surface area contributed by atoms with Crippen LogP contribution < -0.4 is 16.6 Å². The highest BCUT2D eigenvalue weighted by Gasteiger charge is 2.43. The van der Waals surface area contributed by atoms with Crippen molar-refractivity contribution >= 4 is 12.1 Å². The molecule has 4 rings (SSSR count). The van der Waals surface area contributed by atoms with E-state index in [0.29, 0.717) is 29.8 Å². The van der Waals surface area contributed by atoms with E-state index in [2.05, 4.69) is 38.8 Å². The van der Waals surface area contributed by atoms with Gasteiger partial charge in [-0.3, -0.25) is 26.6 Å². The molecular formula is C25H39FN8O. The zero-order valence-electron chi connectivity index (χ0n) is 20.9. The molecule has 2 heterocycles. The van der Waals surface area contributed by atoms with Gasteiger partial charge < -0.3 is 15.0 Å². The van der Waals surface area contributed by atoms with Crippen molar-refractivity contribution in [3.8, 4) is 0 Å². The molecule has 9 nitrogen and oxygen atoms in total. The second kappa shape index (κ2) is 10.5. The van der Waals surface area contributed by atoms with Crippen molar-refractivity contribution < 1.29 is 9.13 Å². The van der Waals surface area contributed by atoms with Crippen LogP contribution >= 0.6 is 0 Å². The lowest BCUT2D eigenvalue weighted by atomic mass is 9.81. The normalized spacial score (nSPS) is 28.8. The van der Waals surface area contributed by atoms with Crippen LogP contribution in [-0.2, 0) is 4.74 Å². The van der Waals surface area contributed by atoms with E-state index in [1.807, 2.05) is 25.2 Å². The average molecular weight is 487 g/mol. The summed E-state index contributed by atoms with van der Waals surface area (Å²) in [4.78, 5) is 4.47. The Morgan fingerprint density at radius 2 is 2.03 bits per heavy atom. The van der Waals surface area contributed by atoms with Crippen LogP contribution in [0.25, 0.3) is 0 Å². The summed E-state index contributed by atoms with van der Waals surface area (Å²) < 4.78 is 20.8. The molecule has 3 atom stereocenters. The Labute approximate surface area is 207 Å². The van der Waals surface area contributed by atoms with Crippen LogP contribution in [0.1, 0.15) is 32.6 Å². The zero-order valence-corrected chi connectivity index (χ0v) is 20.9. The Kier molecular flexibility index (Phi) is 7.63. The maximum Gasteiger partial charge on any atom is 0.139 e. The average Bonchev–Trinajstić information content (AvgIpc) is 3.41. The third kappa shape index (κ3) is 5.94. The summed E-state index contributed by atoms with van der Waals surface area (Å²) in [6.45, 7) is 14.3. The van der Waals surface area contributed by atoms with Gasteiger partial charge in [0.2, 0.25) is 0 Å². The lowest BCUT2D eigenvalue weighted by molar-refractivity contribution is 0.0808. The molecule has 0 aromatic rings. The number of nitrogens with zero attached hydrogens (tertiary/aromatic N) is 4. The topological polar surface area (TPSA) is 105 Å². The minimum Gasteiger partial charge on any atom is -0.489 e. The first kappa shape index (κ1) is 25.4. The van der Waals surface area contributed by atoms with Crippen LogP contribution in [0.2, 0.25) is 0 Å². The number of allylic oxidation sites excluding steroid dienone is 2. The molecule has 5 N–H and O–H groups in total. The second-order valence-corrected chi connectivity index (χ2v) is 10.2. The fourth-order valence-electron chi connectivity index (χ4n) is 4.94. The Morgan fingerprint density at radius 1 is 1.31 bits per heavy atom. The van der Waals surface area contributed by atoms with E-state index in [-0.39, 0.29) is 29.8 Å². The SMILES string of the molecule is C=CNC(=CC(=N)N1CCN([C@@H]2C=NN(C)C2)CC1)C(=C)C1CC(OC2(C)CC2)=C(F)C[C@H]1NN. The van der Waals surface area contributed by atoms with Crippen molar-refractivity contribution in [1.29, 1.82) is 5.41 Å². The van der Waals surface area contributed by atoms with Gasteiger partial charge in [0, 0.05) is 76.0 Å². The molecule has 0 aromatic carbocycles. The van der Waals surface area contributed by atoms with Crippen LogP contribution in [0.3, 0.4) is 0 Å². The molecule has 4 aliphatic rings. The maximum absolute atomic E-state index is 14.8. The number of piperazine rings is 1. The number of nitrogens with one attached hydrogen (secondary N) is 3. The van der Waals surface area contributed by atoms with Gasteiger partial charge in [-0.1, -0.05) is 13.2 Å². The summed E-state index contributed by atoms with van der Waals surface area (Å²) in [5.74, 6) is 6.16. The molecule has 10 heteroatoms. The Morgan fingerprint density at radius 3 is 2.60 bits per heavy atom. The lowest BCUT2D eigenvalue weighted by Gasteiger charge is -2.38. The van der Waals surface area contributed by atoms with E-state index in [9.17, 15) is 4.39 Å². The summed E-state index contributed by atoms with van der Waals surface area (Å²) in [7, 11) is 1.98. The Balaban J connectivity index is 1.42. The van der Waals surface area contributed by atoms with E-state index >= 15 is 0 Å². The molecule has 2 aliphatic heterocycles. The van der Waals surface area contributed by atoms with E-state index in [1.54, 1.807) is 12.3 Å². The largest absolute Gasteiger partial charge is 0.489 e. The third-order valence-electron chi connectivity index (χ3n) is 7.47. The molecule has 2 aliphatic carbocycles. The molecule has 35 heavy (non-hydrogen) atoms. The molecule has 0 amide bonds. The van der Waals surface area contributed by atoms with Crippen LogP contribution in [-0.4, -0.2) is 84.3 Å². The highest BCUT2D eigenvalue weighted by atomic mass is 19.1. The van der Waals surface area contributed by atoms with Crippen molar-refractivity contribution in [1.82, 2.24) is 25.6 Å². The number of amidine groups is 1. The number of hydrazone groups is 1. The van der Waals surface area contributed by atoms with E-state index in [4.69, 9.17) is 16.0 Å². The fraction of sp³-hybridized carbons (Fsp3) is 0.600. The highest BCUT2D eigenvalue weighted by Crippen LogP contribution is 2.45. The monoisotopic (exact) mass is 486 g/mol. The second-order valence-electron chi connectivity index (χ2n) is 10.2. The minimum atomic E-state index is -0.319. The van der Waals surface area contributed by atoms with Gasteiger partial charge in [0.05, 0.1) is 12.6 Å². The molecule has 1 saturated heterocycles. The van der Waals surface area contributed by atoms with Gasteiger partial charge >= 0.3 is 0 Å². The van der Waals surface area contributed by atoms with Crippen molar-refractivity contribution in [2.24, 2.45) is 16.9 Å². The van der Waals surface area contributed by atoms with Crippen LogP contribution in [0.4, 0.5) is 4.39 Å². The van der Waals surface area contributed by atoms with Gasteiger partial charge in [0.15, 0.2) is 0 Å². The van der Waals surface area contributed by atoms with Gasteiger partial charge in [-0.25, -0.2) is 4.39 Å². The lowest BCUT2D eigenvalue weighted by Crippen LogP contribution is -2.53. The Bertz CT molecular complexity index is 932. The molecule has 0 aromatic heterocycles. The quantitative estimate of drug-likeness (QED) is 0.130. The van der Waals surface area contributed by atoms with Crippen LogP contribution in [0.15, 0.2) is 53.4 Å². The summed E-state index contributed by atoms with van der Waals surface area (Å²) in [6.07, 6.45) is 7.75. The van der Waals surface area contributed by atoms with Crippen molar-refractivity contribution in [3.63, 3.8) is 0 Å². The van der Waals surface area contributed by atoms with Crippen molar-refractivity contribution in [2.45, 2.75) is 50.3 Å². The molecule has 0 radical (unpaired) electrons. The smallest absolute Gasteiger partial charge is 0.139 e. The number of nitrogens with two attached hydrogens (primary N) is 1. The Hall–Kier alpha value is -2.69. The van der Waals surface area contributed by atoms with Crippen molar-refractivity contribution in [2.75, 3.05) is 39.8 Å². The molecule has 0 bridgehead atoms. The summed E-state index contributed by atoms with van der Waals surface area (Å²) >= 11 is 0.